The van der Waals surface area contributed by atoms with E-state index in [-0.39, 0.29) is 6.42 Å². The Balaban J connectivity index is 2.56. The highest BCUT2D eigenvalue weighted by Gasteiger charge is 2.07. The van der Waals surface area contributed by atoms with E-state index in [4.69, 9.17) is 28.5 Å². The van der Waals surface area contributed by atoms with Crippen LogP contribution in [0.3, 0.4) is 0 Å². The summed E-state index contributed by atoms with van der Waals surface area (Å²) in [6.07, 6.45) is 1.93. The highest BCUT2D eigenvalue weighted by atomic mass is 35.5. The van der Waals surface area contributed by atoms with Gasteiger partial charge in [0.25, 0.3) is 0 Å². The van der Waals surface area contributed by atoms with E-state index in [1.54, 1.807) is 12.3 Å². The average Bonchev–Trinajstić information content (AvgIpc) is 2.29. The molecular formula is C13H8Cl2N2. The molecule has 0 spiro atoms. The average molecular weight is 263 g/mol. The molecule has 0 aliphatic rings. The molecule has 0 unspecified atom stereocenters. The summed E-state index contributed by atoms with van der Waals surface area (Å²) in [6, 6.07) is 11.1. The first-order valence-electron chi connectivity index (χ1n) is 4.98. The third kappa shape index (κ3) is 2.76. The quantitative estimate of drug-likeness (QED) is 0.817. The van der Waals surface area contributed by atoms with Crippen LogP contribution in [0.4, 0.5) is 0 Å². The van der Waals surface area contributed by atoms with E-state index in [0.717, 1.165) is 16.8 Å². The molecule has 0 aliphatic heterocycles. The first-order chi connectivity index (χ1) is 8.20. The number of benzene rings is 1. The van der Waals surface area contributed by atoms with Crippen LogP contribution in [0, 0.1) is 11.3 Å². The smallest absolute Gasteiger partial charge is 0.0781 e. The number of halogens is 2. The maximum atomic E-state index is 8.76. The highest BCUT2D eigenvalue weighted by Crippen LogP contribution is 2.28. The topological polar surface area (TPSA) is 36.7 Å². The summed E-state index contributed by atoms with van der Waals surface area (Å²) in [6.45, 7) is 0. The number of nitrogens with zero attached hydrogens (tertiary/aromatic N) is 2. The van der Waals surface area contributed by atoms with Crippen LogP contribution < -0.4 is 0 Å². The second-order valence-electron chi connectivity index (χ2n) is 3.49. The third-order valence-electron chi connectivity index (χ3n) is 2.31. The molecule has 0 fully saturated rings. The molecular weight excluding hydrogens is 255 g/mol. The van der Waals surface area contributed by atoms with Crippen molar-refractivity contribution in [3.63, 3.8) is 0 Å². The molecule has 0 saturated carbocycles. The van der Waals surface area contributed by atoms with Crippen molar-refractivity contribution in [2.75, 3.05) is 0 Å². The molecule has 0 saturated heterocycles. The van der Waals surface area contributed by atoms with Crippen molar-refractivity contribution < 1.29 is 0 Å². The van der Waals surface area contributed by atoms with E-state index >= 15 is 0 Å². The molecule has 1 heterocycles. The van der Waals surface area contributed by atoms with Gasteiger partial charge in [0.05, 0.1) is 18.2 Å². The zero-order valence-corrected chi connectivity index (χ0v) is 10.3. The lowest BCUT2D eigenvalue weighted by Crippen LogP contribution is -1.92. The minimum atomic E-state index is 0.264. The predicted molar refractivity (Wildman–Crippen MR) is 69.0 cm³/mol. The molecule has 2 rings (SSSR count). The molecule has 17 heavy (non-hydrogen) atoms. The number of nitriles is 1. The Morgan fingerprint density at radius 2 is 1.88 bits per heavy atom. The number of pyridine rings is 1. The van der Waals surface area contributed by atoms with E-state index in [2.05, 4.69) is 11.1 Å². The zero-order chi connectivity index (χ0) is 12.3. The molecule has 1 aromatic carbocycles. The Hall–Kier alpha value is -1.56. The second kappa shape index (κ2) is 5.18. The van der Waals surface area contributed by atoms with Gasteiger partial charge in [-0.05, 0) is 29.8 Å². The van der Waals surface area contributed by atoms with Crippen LogP contribution in [0.15, 0.2) is 36.5 Å². The lowest BCUT2D eigenvalue weighted by Gasteiger charge is -2.07. The number of rotatable bonds is 2. The summed E-state index contributed by atoms with van der Waals surface area (Å²) in [4.78, 5) is 4.20. The van der Waals surface area contributed by atoms with Crippen LogP contribution in [0.1, 0.15) is 5.69 Å². The lowest BCUT2D eigenvalue weighted by molar-refractivity contribution is 1.12. The van der Waals surface area contributed by atoms with Crippen molar-refractivity contribution in [1.29, 1.82) is 5.26 Å². The van der Waals surface area contributed by atoms with Crippen molar-refractivity contribution >= 4 is 23.2 Å². The van der Waals surface area contributed by atoms with Gasteiger partial charge in [-0.3, -0.25) is 4.98 Å². The summed E-state index contributed by atoms with van der Waals surface area (Å²) in [5, 5.41) is 9.90. The van der Waals surface area contributed by atoms with Gasteiger partial charge >= 0.3 is 0 Å². The second-order valence-corrected chi connectivity index (χ2v) is 4.36. The summed E-state index contributed by atoms with van der Waals surface area (Å²) in [5.74, 6) is 0. The molecule has 0 aliphatic carbocycles. The molecule has 2 aromatic rings. The van der Waals surface area contributed by atoms with Gasteiger partial charge in [0.2, 0.25) is 0 Å². The predicted octanol–water partition coefficient (Wildman–Crippen LogP) is 4.12. The maximum absolute atomic E-state index is 8.76. The van der Waals surface area contributed by atoms with Crippen LogP contribution >= 0.6 is 23.2 Å². The SMILES string of the molecule is N#CCc1ncccc1-c1cc(Cl)cc(Cl)c1. The molecule has 0 atom stereocenters. The van der Waals surface area contributed by atoms with Gasteiger partial charge in [0.1, 0.15) is 0 Å². The van der Waals surface area contributed by atoms with E-state index in [1.807, 2.05) is 24.3 Å². The number of hydrogen-bond donors (Lipinski definition) is 0. The van der Waals surface area contributed by atoms with Gasteiger partial charge in [0, 0.05) is 21.8 Å². The van der Waals surface area contributed by atoms with Crippen molar-refractivity contribution in [3.05, 3.63) is 52.3 Å². The first kappa shape index (κ1) is 11.9. The summed E-state index contributed by atoms with van der Waals surface area (Å²) in [5.41, 5.74) is 2.49. The minimum Gasteiger partial charge on any atom is -0.260 e. The van der Waals surface area contributed by atoms with Crippen molar-refractivity contribution in [2.24, 2.45) is 0 Å². The van der Waals surface area contributed by atoms with Crippen LogP contribution in [-0.4, -0.2) is 4.98 Å². The molecule has 0 bridgehead atoms. The van der Waals surface area contributed by atoms with Crippen LogP contribution in [0.5, 0.6) is 0 Å². The van der Waals surface area contributed by atoms with Gasteiger partial charge in [-0.25, -0.2) is 0 Å². The standard InChI is InChI=1S/C13H8Cl2N2/c14-10-6-9(7-11(15)8-10)12-2-1-5-17-13(12)3-4-16/h1-2,5-8H,3H2. The van der Waals surface area contributed by atoms with Crippen LogP contribution in [0.2, 0.25) is 10.0 Å². The lowest BCUT2D eigenvalue weighted by atomic mass is 10.0. The zero-order valence-electron chi connectivity index (χ0n) is 8.82. The van der Waals surface area contributed by atoms with Crippen molar-refractivity contribution in [2.45, 2.75) is 6.42 Å². The monoisotopic (exact) mass is 262 g/mol. The third-order valence-corrected chi connectivity index (χ3v) is 2.75. The largest absolute Gasteiger partial charge is 0.260 e. The summed E-state index contributed by atoms with van der Waals surface area (Å²) >= 11 is 11.9. The van der Waals surface area contributed by atoms with Crippen LogP contribution in [0.25, 0.3) is 11.1 Å². The Morgan fingerprint density at radius 3 is 2.53 bits per heavy atom. The van der Waals surface area contributed by atoms with E-state index < -0.39 is 0 Å². The van der Waals surface area contributed by atoms with E-state index in [0.29, 0.717) is 10.0 Å². The maximum Gasteiger partial charge on any atom is 0.0781 e. The fourth-order valence-electron chi connectivity index (χ4n) is 1.63. The Morgan fingerprint density at radius 1 is 1.18 bits per heavy atom. The first-order valence-corrected chi connectivity index (χ1v) is 5.73. The molecule has 4 heteroatoms. The fraction of sp³-hybridized carbons (Fsp3) is 0.0769. The highest BCUT2D eigenvalue weighted by molar-refractivity contribution is 6.35. The summed E-state index contributed by atoms with van der Waals surface area (Å²) < 4.78 is 0. The number of hydrogen-bond acceptors (Lipinski definition) is 2. The van der Waals surface area contributed by atoms with Gasteiger partial charge in [0.15, 0.2) is 0 Å². The molecule has 2 nitrogen and oxygen atoms in total. The van der Waals surface area contributed by atoms with Gasteiger partial charge < -0.3 is 0 Å². The van der Waals surface area contributed by atoms with Gasteiger partial charge in [-0.15, -0.1) is 0 Å². The van der Waals surface area contributed by atoms with Crippen LogP contribution in [-0.2, 0) is 6.42 Å². The molecule has 0 amide bonds. The van der Waals surface area contributed by atoms with E-state index in [9.17, 15) is 0 Å². The molecule has 1 aromatic heterocycles. The minimum absolute atomic E-state index is 0.264. The van der Waals surface area contributed by atoms with Gasteiger partial charge in [-0.2, -0.15) is 5.26 Å². The Kier molecular flexibility index (Phi) is 3.63. The summed E-state index contributed by atoms with van der Waals surface area (Å²) in [7, 11) is 0. The van der Waals surface area contributed by atoms with E-state index in [1.165, 1.54) is 0 Å². The molecule has 84 valence electrons. The number of aromatic nitrogens is 1. The normalized spacial score (nSPS) is 9.94. The van der Waals surface area contributed by atoms with Crippen molar-refractivity contribution in [1.82, 2.24) is 4.98 Å². The Bertz CT molecular complexity index is 568. The fourth-order valence-corrected chi connectivity index (χ4v) is 2.15. The molecule has 0 N–H and O–H groups in total. The Labute approximate surface area is 109 Å². The van der Waals surface area contributed by atoms with Crippen molar-refractivity contribution in [3.8, 4) is 17.2 Å². The molecule has 0 radical (unpaired) electrons. The van der Waals surface area contributed by atoms with Gasteiger partial charge in [-0.1, -0.05) is 29.3 Å².